The van der Waals surface area contributed by atoms with Gasteiger partial charge in [0.1, 0.15) is 0 Å². The molecule has 3 aliphatic heterocycles. The van der Waals surface area contributed by atoms with E-state index in [0.29, 0.717) is 37.9 Å². The molecule has 156 valence electrons. The van der Waals surface area contributed by atoms with Gasteiger partial charge in [0.2, 0.25) is 0 Å². The summed E-state index contributed by atoms with van der Waals surface area (Å²) in [4.78, 5) is 25.3. The van der Waals surface area contributed by atoms with Gasteiger partial charge in [0, 0.05) is 0 Å². The van der Waals surface area contributed by atoms with Crippen LogP contribution in [0.5, 0.6) is 5.75 Å². The fourth-order valence-corrected chi connectivity index (χ4v) is 20.3. The Hall–Kier alpha value is -2.10. The first-order chi connectivity index (χ1) is 14.6. The molecule has 30 heavy (non-hydrogen) atoms. The van der Waals surface area contributed by atoms with Crippen LogP contribution in [0.15, 0.2) is 30.3 Å². The zero-order valence-corrected chi connectivity index (χ0v) is 19.0. The molecule has 0 bridgehead atoms. The van der Waals surface area contributed by atoms with E-state index in [4.69, 9.17) is 19.3 Å². The molecule has 4 heterocycles. The first-order valence-corrected chi connectivity index (χ1v) is 13.8. The number of aromatic nitrogens is 2. The number of carbonyl (C=O) groups is 2. The van der Waals surface area contributed by atoms with E-state index in [1.165, 1.54) is 7.11 Å². The molecular formula is C22H21IN2O5. The van der Waals surface area contributed by atoms with Crippen LogP contribution in [0.4, 0.5) is 0 Å². The van der Waals surface area contributed by atoms with Crippen LogP contribution in [0, 0.1) is 17.8 Å². The van der Waals surface area contributed by atoms with Crippen LogP contribution >= 0.6 is 19.8 Å². The van der Waals surface area contributed by atoms with Crippen LogP contribution in [0.25, 0.3) is 11.3 Å². The topological polar surface area (TPSA) is 79.7 Å². The second-order valence-electron chi connectivity index (χ2n) is 8.65. The van der Waals surface area contributed by atoms with Crippen molar-refractivity contribution in [3.05, 3.63) is 36.0 Å². The van der Waals surface area contributed by atoms with Crippen molar-refractivity contribution in [3.8, 4) is 17.0 Å². The number of ether oxygens (including phenoxy) is 3. The number of hydrogen-bond donors (Lipinski definition) is 0. The van der Waals surface area contributed by atoms with E-state index >= 15 is 0 Å². The Morgan fingerprint density at radius 1 is 1.13 bits per heavy atom. The minimum atomic E-state index is -1.36. The van der Waals surface area contributed by atoms with Crippen molar-refractivity contribution < 1.29 is 23.8 Å². The van der Waals surface area contributed by atoms with Gasteiger partial charge in [-0.25, -0.2) is 0 Å². The Morgan fingerprint density at radius 2 is 1.83 bits per heavy atom. The number of hydrogen-bond acceptors (Lipinski definition) is 6. The molecule has 4 unspecified atom stereocenters. The van der Waals surface area contributed by atoms with E-state index in [0.717, 1.165) is 17.0 Å². The number of benzene rings is 1. The van der Waals surface area contributed by atoms with Gasteiger partial charge in [0.15, 0.2) is 0 Å². The summed E-state index contributed by atoms with van der Waals surface area (Å²) in [6.07, 6.45) is 0. The van der Waals surface area contributed by atoms with Crippen LogP contribution in [0.1, 0.15) is 17.4 Å². The standard InChI is InChI=1S/C22H21IN2O5/c1-4-30-19(26)13-9-12(10-5-7-11(28-2)8-6-10)24-25(13)22-14-15-17(22)23-18(22)16(14)21(15,23)20(27)29-3/h5-9,14-18H,4H2,1-3H3. The van der Waals surface area contributed by atoms with Crippen molar-refractivity contribution in [1.82, 2.24) is 9.78 Å². The molecule has 3 saturated heterocycles. The minimum absolute atomic E-state index is 0.0250. The van der Waals surface area contributed by atoms with Crippen molar-refractivity contribution in [2.45, 2.75) is 23.7 Å². The van der Waals surface area contributed by atoms with Gasteiger partial charge in [0.25, 0.3) is 0 Å². The molecule has 1 aromatic heterocycles. The molecule has 6 fully saturated rings. The van der Waals surface area contributed by atoms with Crippen LogP contribution in [-0.2, 0) is 19.8 Å². The van der Waals surface area contributed by atoms with E-state index in [1.54, 1.807) is 7.11 Å². The van der Waals surface area contributed by atoms with Crippen LogP contribution in [0.3, 0.4) is 0 Å². The summed E-state index contributed by atoms with van der Waals surface area (Å²) in [5.41, 5.74) is 2.24. The van der Waals surface area contributed by atoms with Gasteiger partial charge < -0.3 is 0 Å². The number of esters is 2. The summed E-state index contributed by atoms with van der Waals surface area (Å²) in [5.74, 6) is 1.95. The monoisotopic (exact) mass is 520 g/mol. The van der Waals surface area contributed by atoms with Crippen molar-refractivity contribution in [3.63, 3.8) is 0 Å². The van der Waals surface area contributed by atoms with Crippen LogP contribution in [0.2, 0.25) is 0 Å². The second kappa shape index (κ2) is 5.20. The normalized spacial score (nSPS) is 40.6. The van der Waals surface area contributed by atoms with E-state index in [2.05, 4.69) is 0 Å². The first-order valence-electron chi connectivity index (χ1n) is 10.3. The summed E-state index contributed by atoms with van der Waals surface area (Å²) in [6.45, 7) is 2.15. The Balaban J connectivity index is 1.28. The van der Waals surface area contributed by atoms with Gasteiger partial charge >= 0.3 is 181 Å². The Labute approximate surface area is 180 Å². The summed E-state index contributed by atoms with van der Waals surface area (Å²) >= 11 is -1.36. The average Bonchev–Trinajstić information content (AvgIpc) is 3.24. The van der Waals surface area contributed by atoms with Crippen molar-refractivity contribution in [1.29, 1.82) is 0 Å². The van der Waals surface area contributed by atoms with Crippen molar-refractivity contribution in [2.75, 3.05) is 20.8 Å². The molecule has 8 rings (SSSR count). The molecule has 6 aliphatic rings. The average molecular weight is 520 g/mol. The summed E-state index contributed by atoms with van der Waals surface area (Å²) in [7, 11) is 3.16. The van der Waals surface area contributed by atoms with Crippen LogP contribution < -0.4 is 4.74 Å². The third-order valence-electron chi connectivity index (χ3n) is 8.10. The molecule has 0 radical (unpaired) electrons. The third kappa shape index (κ3) is 1.41. The van der Waals surface area contributed by atoms with Gasteiger partial charge in [0.05, 0.1) is 0 Å². The van der Waals surface area contributed by atoms with Gasteiger partial charge in [-0.1, -0.05) is 0 Å². The second-order valence-corrected chi connectivity index (χ2v) is 15.1. The van der Waals surface area contributed by atoms with E-state index in [9.17, 15) is 9.59 Å². The SMILES string of the molecule is CCOC(=O)c1cc(-c2ccc(OC)cc2)nn1C12C3C4C1I1C2C3C41C(=O)OC. The molecule has 1 aromatic carbocycles. The maximum absolute atomic E-state index is 12.8. The summed E-state index contributed by atoms with van der Waals surface area (Å²) in [6, 6.07) is 9.58. The first kappa shape index (κ1) is 17.6. The molecule has 2 aromatic rings. The fourth-order valence-electron chi connectivity index (χ4n) is 7.20. The quantitative estimate of drug-likeness (QED) is 0.331. The van der Waals surface area contributed by atoms with E-state index in [-0.39, 0.29) is 20.9 Å². The number of nitrogens with zero attached hydrogens (tertiary/aromatic N) is 2. The molecule has 0 spiro atoms. The maximum atomic E-state index is 12.8. The van der Waals surface area contributed by atoms with Gasteiger partial charge in [-0.3, -0.25) is 0 Å². The molecule has 0 N–H and O–H groups in total. The van der Waals surface area contributed by atoms with Crippen molar-refractivity contribution in [2.24, 2.45) is 17.8 Å². The molecule has 3 saturated carbocycles. The zero-order chi connectivity index (χ0) is 20.6. The van der Waals surface area contributed by atoms with E-state index in [1.807, 2.05) is 41.9 Å². The Bertz CT molecular complexity index is 1090. The molecule has 8 heteroatoms. The predicted molar refractivity (Wildman–Crippen MR) is 115 cm³/mol. The zero-order valence-electron chi connectivity index (χ0n) is 16.8. The summed E-state index contributed by atoms with van der Waals surface area (Å²) in [5, 5.41) is 4.95. The molecule has 4 atom stereocenters. The molecule has 3 aliphatic carbocycles. The predicted octanol–water partition coefficient (Wildman–Crippen LogP) is 2.50. The molecule has 0 amide bonds. The fraction of sp³-hybridized carbons (Fsp3) is 0.500. The molecular weight excluding hydrogens is 499 g/mol. The number of methoxy groups -OCH3 is 2. The third-order valence-corrected chi connectivity index (χ3v) is 18.5. The number of halogens is 1. The Kier molecular flexibility index (Phi) is 3.05. The number of carbonyl (C=O) groups excluding carboxylic acids is 2. The van der Waals surface area contributed by atoms with Gasteiger partial charge in [-0.15, -0.1) is 0 Å². The summed E-state index contributed by atoms with van der Waals surface area (Å²) < 4.78 is 18.9. The van der Waals surface area contributed by atoms with Gasteiger partial charge in [-0.05, 0) is 0 Å². The van der Waals surface area contributed by atoms with Crippen LogP contribution in [-0.4, -0.2) is 53.8 Å². The molecule has 7 nitrogen and oxygen atoms in total. The van der Waals surface area contributed by atoms with E-state index < -0.39 is 19.8 Å². The van der Waals surface area contributed by atoms with Gasteiger partial charge in [-0.2, -0.15) is 0 Å². The Morgan fingerprint density at radius 3 is 2.37 bits per heavy atom. The number of alkyl halides is 3. The number of rotatable bonds is 6. The van der Waals surface area contributed by atoms with Crippen molar-refractivity contribution >= 4 is 31.8 Å².